The molecule has 1 amide bonds. The standard InChI is InChI=1S/C29H37N3O5/c1-6-37-29(34)25-9-7-8-14-31(25)18-28(33)32-26(22-13-12-21(35-4)16-27(22)36-5)17-24(30-32)23-15-19(2)10-11-20(23)3/h10-13,15-16,25-26H,6-9,14,17-18H2,1-5H3/t25-,26+/m1/s1. The van der Waals surface area contributed by atoms with Crippen molar-refractivity contribution in [2.24, 2.45) is 5.10 Å². The van der Waals surface area contributed by atoms with Gasteiger partial charge in [-0.15, -0.1) is 0 Å². The highest BCUT2D eigenvalue weighted by Gasteiger charge is 2.38. The molecule has 2 aliphatic heterocycles. The van der Waals surface area contributed by atoms with E-state index in [1.807, 2.05) is 23.1 Å². The van der Waals surface area contributed by atoms with Gasteiger partial charge >= 0.3 is 5.97 Å². The number of rotatable bonds is 8. The van der Waals surface area contributed by atoms with Crippen LogP contribution in [0.1, 0.15) is 60.9 Å². The molecule has 2 heterocycles. The molecule has 0 spiro atoms. The molecular weight excluding hydrogens is 470 g/mol. The number of hydrogen-bond acceptors (Lipinski definition) is 7. The largest absolute Gasteiger partial charge is 0.497 e. The molecule has 0 aromatic heterocycles. The van der Waals surface area contributed by atoms with Gasteiger partial charge in [0.05, 0.1) is 39.1 Å². The van der Waals surface area contributed by atoms with E-state index in [4.69, 9.17) is 19.3 Å². The number of methoxy groups -OCH3 is 2. The third-order valence-corrected chi connectivity index (χ3v) is 7.18. The Bertz CT molecular complexity index is 1180. The number of esters is 1. The second-order valence-corrected chi connectivity index (χ2v) is 9.67. The van der Waals surface area contributed by atoms with Crippen molar-refractivity contribution in [3.63, 3.8) is 0 Å². The minimum absolute atomic E-state index is 0.0992. The van der Waals surface area contributed by atoms with Crippen LogP contribution in [0.15, 0.2) is 41.5 Å². The van der Waals surface area contributed by atoms with Crippen molar-refractivity contribution in [2.75, 3.05) is 33.9 Å². The van der Waals surface area contributed by atoms with Crippen LogP contribution < -0.4 is 9.47 Å². The lowest BCUT2D eigenvalue weighted by Gasteiger charge is -2.34. The summed E-state index contributed by atoms with van der Waals surface area (Å²) >= 11 is 0. The van der Waals surface area contributed by atoms with Crippen molar-refractivity contribution in [3.8, 4) is 11.5 Å². The number of carbonyl (C=O) groups excluding carboxylic acids is 2. The molecule has 1 fully saturated rings. The first kappa shape index (κ1) is 26.7. The van der Waals surface area contributed by atoms with Crippen molar-refractivity contribution in [1.29, 1.82) is 0 Å². The van der Waals surface area contributed by atoms with Gasteiger partial charge < -0.3 is 14.2 Å². The summed E-state index contributed by atoms with van der Waals surface area (Å²) in [5.41, 5.74) is 5.00. The molecule has 0 unspecified atom stereocenters. The van der Waals surface area contributed by atoms with Crippen molar-refractivity contribution in [1.82, 2.24) is 9.91 Å². The van der Waals surface area contributed by atoms with Crippen LogP contribution in [0.4, 0.5) is 0 Å². The summed E-state index contributed by atoms with van der Waals surface area (Å²) in [6, 6.07) is 11.2. The fraction of sp³-hybridized carbons (Fsp3) is 0.483. The zero-order valence-corrected chi connectivity index (χ0v) is 22.5. The number of likely N-dealkylation sites (tertiary alicyclic amines) is 1. The van der Waals surface area contributed by atoms with Crippen LogP contribution in [0.25, 0.3) is 0 Å². The summed E-state index contributed by atoms with van der Waals surface area (Å²) in [5.74, 6) is 0.906. The van der Waals surface area contributed by atoms with Crippen LogP contribution in [0.5, 0.6) is 11.5 Å². The van der Waals surface area contributed by atoms with Gasteiger partial charge in [0.2, 0.25) is 0 Å². The van der Waals surface area contributed by atoms with E-state index in [9.17, 15) is 9.59 Å². The number of aryl methyl sites for hydroxylation is 2. The maximum absolute atomic E-state index is 13.8. The van der Waals surface area contributed by atoms with E-state index >= 15 is 0 Å². The zero-order valence-electron chi connectivity index (χ0n) is 22.5. The Kier molecular flexibility index (Phi) is 8.48. The number of piperidine rings is 1. The average Bonchev–Trinajstić information content (AvgIpc) is 3.35. The van der Waals surface area contributed by atoms with E-state index in [-0.39, 0.29) is 24.5 Å². The molecule has 0 N–H and O–H groups in total. The Morgan fingerprint density at radius 1 is 1.05 bits per heavy atom. The summed E-state index contributed by atoms with van der Waals surface area (Å²) < 4.78 is 16.4. The molecule has 0 saturated carbocycles. The van der Waals surface area contributed by atoms with E-state index in [2.05, 4.69) is 32.0 Å². The van der Waals surface area contributed by atoms with Gasteiger partial charge in [0, 0.05) is 23.6 Å². The van der Waals surface area contributed by atoms with Crippen LogP contribution in [-0.4, -0.2) is 67.5 Å². The van der Waals surface area contributed by atoms with Crippen molar-refractivity contribution >= 4 is 17.6 Å². The third-order valence-electron chi connectivity index (χ3n) is 7.18. The number of hydrazone groups is 1. The molecular formula is C29H37N3O5. The molecule has 2 aromatic rings. The van der Waals surface area contributed by atoms with Crippen LogP contribution in [-0.2, 0) is 14.3 Å². The van der Waals surface area contributed by atoms with Crippen molar-refractivity contribution in [2.45, 2.75) is 58.5 Å². The topological polar surface area (TPSA) is 80.7 Å². The Morgan fingerprint density at radius 2 is 1.86 bits per heavy atom. The van der Waals surface area contributed by atoms with Gasteiger partial charge in [-0.1, -0.05) is 24.1 Å². The SMILES string of the molecule is CCOC(=O)[C@H]1CCCCN1CC(=O)N1N=C(c2cc(C)ccc2C)C[C@H]1c1ccc(OC)cc1OC. The van der Waals surface area contributed by atoms with E-state index < -0.39 is 6.04 Å². The number of hydrogen-bond donors (Lipinski definition) is 0. The first-order valence-electron chi connectivity index (χ1n) is 13.0. The highest BCUT2D eigenvalue weighted by Crippen LogP contribution is 2.39. The molecule has 8 nitrogen and oxygen atoms in total. The molecule has 2 aromatic carbocycles. The monoisotopic (exact) mass is 507 g/mol. The highest BCUT2D eigenvalue weighted by molar-refractivity contribution is 6.04. The quantitative estimate of drug-likeness (QED) is 0.492. The number of ether oxygens (including phenoxy) is 3. The van der Waals surface area contributed by atoms with Crippen LogP contribution in [0.2, 0.25) is 0 Å². The summed E-state index contributed by atoms with van der Waals surface area (Å²) in [7, 11) is 3.23. The van der Waals surface area contributed by atoms with Gasteiger partial charge in [-0.05, 0) is 63.9 Å². The molecule has 37 heavy (non-hydrogen) atoms. The van der Waals surface area contributed by atoms with Gasteiger partial charge in [0.1, 0.15) is 17.5 Å². The molecule has 2 aliphatic rings. The first-order valence-corrected chi connectivity index (χ1v) is 13.0. The van der Waals surface area contributed by atoms with Gasteiger partial charge in [0.15, 0.2) is 0 Å². The lowest BCUT2D eigenvalue weighted by Crippen LogP contribution is -2.49. The molecule has 0 radical (unpaired) electrons. The summed E-state index contributed by atoms with van der Waals surface area (Å²) in [6.45, 7) is 7.01. The Morgan fingerprint density at radius 3 is 2.59 bits per heavy atom. The average molecular weight is 508 g/mol. The Hall–Kier alpha value is -3.39. The second kappa shape index (κ2) is 11.8. The number of amides is 1. The van der Waals surface area contributed by atoms with Crippen molar-refractivity contribution < 1.29 is 23.8 Å². The van der Waals surface area contributed by atoms with Gasteiger partial charge in [0.25, 0.3) is 5.91 Å². The zero-order chi connectivity index (χ0) is 26.5. The molecule has 1 saturated heterocycles. The first-order chi connectivity index (χ1) is 17.9. The fourth-order valence-corrected chi connectivity index (χ4v) is 5.22. The minimum Gasteiger partial charge on any atom is -0.497 e. The van der Waals surface area contributed by atoms with E-state index in [1.165, 1.54) is 0 Å². The van der Waals surface area contributed by atoms with E-state index in [0.717, 1.165) is 40.8 Å². The summed E-state index contributed by atoms with van der Waals surface area (Å²) in [5, 5.41) is 6.46. The Balaban J connectivity index is 1.68. The van der Waals surface area contributed by atoms with Crippen LogP contribution in [0, 0.1) is 13.8 Å². The normalized spacial score (nSPS) is 19.9. The molecule has 2 atom stereocenters. The smallest absolute Gasteiger partial charge is 0.323 e. The molecule has 8 heteroatoms. The summed E-state index contributed by atoms with van der Waals surface area (Å²) in [4.78, 5) is 28.4. The number of nitrogens with zero attached hydrogens (tertiary/aromatic N) is 3. The number of carbonyl (C=O) groups is 2. The molecule has 198 valence electrons. The van der Waals surface area contributed by atoms with Gasteiger partial charge in [-0.25, -0.2) is 5.01 Å². The fourth-order valence-electron chi connectivity index (χ4n) is 5.22. The third kappa shape index (κ3) is 5.80. The van der Waals surface area contributed by atoms with Gasteiger partial charge in [-0.3, -0.25) is 14.5 Å². The lowest BCUT2D eigenvalue weighted by molar-refractivity contribution is -0.152. The highest BCUT2D eigenvalue weighted by atomic mass is 16.5. The maximum atomic E-state index is 13.8. The Labute approximate surface area is 219 Å². The van der Waals surface area contributed by atoms with Crippen LogP contribution >= 0.6 is 0 Å². The minimum atomic E-state index is -0.406. The van der Waals surface area contributed by atoms with E-state index in [1.54, 1.807) is 26.2 Å². The maximum Gasteiger partial charge on any atom is 0.323 e. The predicted octanol–water partition coefficient (Wildman–Crippen LogP) is 4.42. The molecule has 0 bridgehead atoms. The second-order valence-electron chi connectivity index (χ2n) is 9.67. The predicted molar refractivity (Wildman–Crippen MR) is 142 cm³/mol. The van der Waals surface area contributed by atoms with Gasteiger partial charge in [-0.2, -0.15) is 5.10 Å². The lowest BCUT2D eigenvalue weighted by atomic mass is 9.94. The van der Waals surface area contributed by atoms with Crippen LogP contribution in [0.3, 0.4) is 0 Å². The van der Waals surface area contributed by atoms with E-state index in [0.29, 0.717) is 37.5 Å². The molecule has 4 rings (SSSR count). The molecule has 0 aliphatic carbocycles. The van der Waals surface area contributed by atoms with Crippen molar-refractivity contribution in [3.05, 3.63) is 58.7 Å². The number of benzene rings is 2. The summed E-state index contributed by atoms with van der Waals surface area (Å²) in [6.07, 6.45) is 3.13.